The summed E-state index contributed by atoms with van der Waals surface area (Å²) in [7, 11) is -3.08. The first-order chi connectivity index (χ1) is 10.7. The number of ether oxygens (including phenoxy) is 1. The van der Waals surface area contributed by atoms with Crippen molar-refractivity contribution >= 4 is 21.7 Å². The number of carbonyl (C=O) groups is 1. The lowest BCUT2D eigenvalue weighted by Crippen LogP contribution is -2.40. The Bertz CT molecular complexity index is 688. The number of sulfonamides is 1. The zero-order chi connectivity index (χ0) is 17.6. The number of carboxylic acids is 1. The molecule has 0 spiro atoms. The molecule has 0 bridgehead atoms. The maximum absolute atomic E-state index is 12.3. The Hall–Kier alpha value is -2.20. The molecule has 0 fully saturated rings. The van der Waals surface area contributed by atoms with Crippen LogP contribution < -0.4 is 9.46 Å². The Labute approximate surface area is 133 Å². The molecule has 0 aliphatic heterocycles. The van der Waals surface area contributed by atoms with Gasteiger partial charge in [0.25, 0.3) is 5.69 Å². The van der Waals surface area contributed by atoms with Crippen LogP contribution in [0.5, 0.6) is 5.75 Å². The molecule has 2 N–H and O–H groups in total. The summed E-state index contributed by atoms with van der Waals surface area (Å²) in [5, 5.41) is 20.2. The number of benzene rings is 1. The Kier molecular flexibility index (Phi) is 6.46. The highest BCUT2D eigenvalue weighted by molar-refractivity contribution is 7.89. The lowest BCUT2D eigenvalue weighted by Gasteiger charge is -2.14. The Morgan fingerprint density at radius 3 is 2.61 bits per heavy atom. The number of hydrogen-bond donors (Lipinski definition) is 2. The highest BCUT2D eigenvalue weighted by Gasteiger charge is 2.31. The summed E-state index contributed by atoms with van der Waals surface area (Å²) in [5.74, 6) is -1.21. The number of methoxy groups -OCH3 is 1. The van der Waals surface area contributed by atoms with Crippen LogP contribution in [0.25, 0.3) is 0 Å². The maximum Gasteiger partial charge on any atom is 0.321 e. The number of carboxylic acid groups (broad SMARTS) is 1. The molecule has 0 radical (unpaired) electrons. The van der Waals surface area contributed by atoms with Crippen LogP contribution in [-0.4, -0.2) is 37.6 Å². The molecule has 1 aromatic rings. The fourth-order valence-electron chi connectivity index (χ4n) is 1.89. The van der Waals surface area contributed by atoms with Crippen LogP contribution in [0.3, 0.4) is 0 Å². The SMILES string of the molecule is CCCCC(NS(=O)(=O)c1ccc(OC)cc1[N+](=O)[O-])C(=O)O. The molecule has 1 rings (SSSR count). The molecule has 0 heterocycles. The van der Waals surface area contributed by atoms with Crippen LogP contribution >= 0.6 is 0 Å². The molecule has 9 nitrogen and oxygen atoms in total. The maximum atomic E-state index is 12.3. The van der Waals surface area contributed by atoms with Gasteiger partial charge in [0.1, 0.15) is 11.8 Å². The van der Waals surface area contributed by atoms with E-state index in [1.807, 2.05) is 11.6 Å². The van der Waals surface area contributed by atoms with Crippen molar-refractivity contribution in [2.75, 3.05) is 7.11 Å². The summed E-state index contributed by atoms with van der Waals surface area (Å²) in [4.78, 5) is 20.8. The van der Waals surface area contributed by atoms with E-state index < -0.39 is 37.5 Å². The topological polar surface area (TPSA) is 136 Å². The van der Waals surface area contributed by atoms with Crippen LogP contribution in [0.1, 0.15) is 26.2 Å². The van der Waals surface area contributed by atoms with E-state index >= 15 is 0 Å². The van der Waals surface area contributed by atoms with Gasteiger partial charge in [-0.2, -0.15) is 4.72 Å². The van der Waals surface area contributed by atoms with Gasteiger partial charge in [0.2, 0.25) is 10.0 Å². The van der Waals surface area contributed by atoms with Gasteiger partial charge in [-0.1, -0.05) is 19.8 Å². The molecule has 0 saturated carbocycles. The molecule has 23 heavy (non-hydrogen) atoms. The molecule has 1 aromatic carbocycles. The zero-order valence-corrected chi connectivity index (χ0v) is 13.5. The van der Waals surface area contributed by atoms with Gasteiger partial charge in [-0.25, -0.2) is 8.42 Å². The molecule has 1 unspecified atom stereocenters. The summed E-state index contributed by atoms with van der Waals surface area (Å²) in [6, 6.07) is 1.89. The minimum atomic E-state index is -4.36. The van der Waals surface area contributed by atoms with Gasteiger partial charge in [0.15, 0.2) is 4.90 Å². The largest absolute Gasteiger partial charge is 0.497 e. The first-order valence-electron chi connectivity index (χ1n) is 6.80. The Morgan fingerprint density at radius 2 is 2.13 bits per heavy atom. The van der Waals surface area contributed by atoms with Gasteiger partial charge in [-0.05, 0) is 18.6 Å². The van der Waals surface area contributed by atoms with E-state index in [-0.39, 0.29) is 12.2 Å². The van der Waals surface area contributed by atoms with Gasteiger partial charge in [0.05, 0.1) is 18.1 Å². The van der Waals surface area contributed by atoms with Crippen molar-refractivity contribution in [3.63, 3.8) is 0 Å². The summed E-state index contributed by atoms with van der Waals surface area (Å²) in [6.07, 6.45) is 1.29. The van der Waals surface area contributed by atoms with Gasteiger partial charge in [-0.3, -0.25) is 14.9 Å². The third-order valence-electron chi connectivity index (χ3n) is 3.09. The van der Waals surface area contributed by atoms with E-state index in [2.05, 4.69) is 0 Å². The second kappa shape index (κ2) is 7.88. The first kappa shape index (κ1) is 18.8. The van der Waals surface area contributed by atoms with Crippen molar-refractivity contribution in [2.45, 2.75) is 37.1 Å². The summed E-state index contributed by atoms with van der Waals surface area (Å²) in [6.45, 7) is 1.84. The van der Waals surface area contributed by atoms with E-state index in [9.17, 15) is 23.3 Å². The van der Waals surface area contributed by atoms with Crippen molar-refractivity contribution in [3.8, 4) is 5.75 Å². The molecule has 0 aromatic heterocycles. The summed E-state index contributed by atoms with van der Waals surface area (Å²) >= 11 is 0. The Balaban J connectivity index is 3.21. The Morgan fingerprint density at radius 1 is 1.48 bits per heavy atom. The third-order valence-corrected chi connectivity index (χ3v) is 4.61. The lowest BCUT2D eigenvalue weighted by atomic mass is 10.1. The zero-order valence-electron chi connectivity index (χ0n) is 12.7. The molecule has 10 heteroatoms. The number of hydrogen-bond acceptors (Lipinski definition) is 6. The molecule has 0 saturated heterocycles. The number of nitro groups is 1. The fourth-order valence-corrected chi connectivity index (χ4v) is 3.26. The average Bonchev–Trinajstić information content (AvgIpc) is 2.50. The number of nitrogens with zero attached hydrogens (tertiary/aromatic N) is 1. The van der Waals surface area contributed by atoms with Crippen LogP contribution in [0.15, 0.2) is 23.1 Å². The fraction of sp³-hybridized carbons (Fsp3) is 0.462. The normalized spacial score (nSPS) is 12.6. The van der Waals surface area contributed by atoms with E-state index in [0.717, 1.165) is 12.1 Å². The van der Waals surface area contributed by atoms with Gasteiger partial charge >= 0.3 is 5.97 Å². The molecule has 0 amide bonds. The number of nitro benzene ring substituents is 1. The smallest absolute Gasteiger partial charge is 0.321 e. The number of rotatable bonds is 9. The molecule has 1 atom stereocenters. The number of aliphatic carboxylic acids is 1. The molecular formula is C13H18N2O7S. The predicted octanol–water partition coefficient (Wildman–Crippen LogP) is 1.53. The van der Waals surface area contributed by atoms with E-state index in [1.165, 1.54) is 13.2 Å². The van der Waals surface area contributed by atoms with Gasteiger partial charge in [-0.15, -0.1) is 0 Å². The number of nitrogens with one attached hydrogen (secondary N) is 1. The van der Waals surface area contributed by atoms with Crippen molar-refractivity contribution < 1.29 is 28.0 Å². The predicted molar refractivity (Wildman–Crippen MR) is 80.9 cm³/mol. The van der Waals surface area contributed by atoms with E-state index in [0.29, 0.717) is 12.8 Å². The molecule has 0 aliphatic carbocycles. The first-order valence-corrected chi connectivity index (χ1v) is 8.28. The second-order valence-electron chi connectivity index (χ2n) is 4.75. The summed E-state index contributed by atoms with van der Waals surface area (Å²) in [5.41, 5.74) is -0.684. The average molecular weight is 346 g/mol. The molecule has 128 valence electrons. The van der Waals surface area contributed by atoms with Crippen molar-refractivity contribution in [2.24, 2.45) is 0 Å². The summed E-state index contributed by atoms with van der Waals surface area (Å²) < 4.78 is 31.5. The van der Waals surface area contributed by atoms with E-state index in [1.54, 1.807) is 0 Å². The van der Waals surface area contributed by atoms with Crippen LogP contribution in [0.2, 0.25) is 0 Å². The van der Waals surface area contributed by atoms with Crippen molar-refractivity contribution in [3.05, 3.63) is 28.3 Å². The van der Waals surface area contributed by atoms with Crippen LogP contribution in [-0.2, 0) is 14.8 Å². The van der Waals surface area contributed by atoms with Crippen molar-refractivity contribution in [1.82, 2.24) is 4.72 Å². The highest BCUT2D eigenvalue weighted by atomic mass is 32.2. The minimum absolute atomic E-state index is 0.0923. The second-order valence-corrected chi connectivity index (χ2v) is 6.43. The minimum Gasteiger partial charge on any atom is -0.497 e. The quantitative estimate of drug-likeness (QED) is 0.511. The van der Waals surface area contributed by atoms with Gasteiger partial charge in [0, 0.05) is 0 Å². The molecule has 0 aliphatic rings. The highest BCUT2D eigenvalue weighted by Crippen LogP contribution is 2.28. The van der Waals surface area contributed by atoms with Crippen LogP contribution in [0.4, 0.5) is 5.69 Å². The van der Waals surface area contributed by atoms with Gasteiger partial charge < -0.3 is 9.84 Å². The van der Waals surface area contributed by atoms with Crippen LogP contribution in [0, 0.1) is 10.1 Å². The molecular weight excluding hydrogens is 328 g/mol. The third kappa shape index (κ3) is 4.89. The standard InChI is InChI=1S/C13H18N2O7S/c1-3-4-5-10(13(16)17)14-23(20,21)12-7-6-9(22-2)8-11(12)15(18)19/h6-8,10,14H,3-5H2,1-2H3,(H,16,17). The van der Waals surface area contributed by atoms with Crippen molar-refractivity contribution in [1.29, 1.82) is 0 Å². The van der Waals surface area contributed by atoms with E-state index in [4.69, 9.17) is 9.84 Å². The number of unbranched alkanes of at least 4 members (excludes halogenated alkanes) is 1. The monoisotopic (exact) mass is 346 g/mol. The lowest BCUT2D eigenvalue weighted by molar-refractivity contribution is -0.387.